The Kier molecular flexibility index (Phi) is 3.86. The highest BCUT2D eigenvalue weighted by Gasteiger charge is 2.24. The van der Waals surface area contributed by atoms with E-state index in [1.807, 2.05) is 30.3 Å². The Morgan fingerprint density at radius 3 is 2.08 bits per heavy atom. The van der Waals surface area contributed by atoms with Gasteiger partial charge in [-0.2, -0.15) is 5.10 Å². The van der Waals surface area contributed by atoms with Crippen LogP contribution in [0.25, 0.3) is 11.1 Å². The third-order valence-electron chi connectivity index (χ3n) is 4.39. The normalized spacial score (nSPS) is 16.7. The zero-order chi connectivity index (χ0) is 17.2. The van der Waals surface area contributed by atoms with Crippen LogP contribution in [0.15, 0.2) is 82.2 Å². The van der Waals surface area contributed by atoms with Crippen LogP contribution in [0.2, 0.25) is 0 Å². The fraction of sp³-hybridized carbons (Fsp3) is 0.0952. The molecule has 25 heavy (non-hydrogen) atoms. The van der Waals surface area contributed by atoms with Gasteiger partial charge in [0.2, 0.25) is 0 Å². The number of hydrogen-bond donors (Lipinski definition) is 0. The lowest BCUT2D eigenvalue weighted by Crippen LogP contribution is -2.11. The summed E-state index contributed by atoms with van der Waals surface area (Å²) in [5.41, 5.74) is 6.45. The molecule has 4 nitrogen and oxygen atoms in total. The van der Waals surface area contributed by atoms with Gasteiger partial charge in [-0.05, 0) is 11.1 Å². The Labute approximate surface area is 145 Å². The van der Waals surface area contributed by atoms with E-state index in [1.165, 1.54) is 0 Å². The van der Waals surface area contributed by atoms with Gasteiger partial charge in [-0.1, -0.05) is 60.7 Å². The molecule has 0 saturated carbocycles. The van der Waals surface area contributed by atoms with Crippen molar-refractivity contribution in [1.29, 1.82) is 0 Å². The molecule has 0 fully saturated rings. The van der Waals surface area contributed by atoms with E-state index in [-0.39, 0.29) is 0 Å². The molecule has 2 aliphatic rings. The lowest BCUT2D eigenvalue weighted by atomic mass is 10.0. The first-order chi connectivity index (χ1) is 12.3. The zero-order valence-corrected chi connectivity index (χ0v) is 13.8. The minimum atomic E-state index is 0.486. The Balaban J connectivity index is 1.84. The molecule has 2 aliphatic carbocycles. The van der Waals surface area contributed by atoms with Gasteiger partial charge in [-0.15, -0.1) is 5.10 Å². The summed E-state index contributed by atoms with van der Waals surface area (Å²) in [7, 11) is 1.54. The molecule has 0 atom stereocenters. The van der Waals surface area contributed by atoms with Crippen molar-refractivity contribution in [3.8, 4) is 11.1 Å². The molecule has 0 spiro atoms. The third-order valence-corrected chi connectivity index (χ3v) is 4.39. The minimum Gasteiger partial charge on any atom is -0.494 e. The van der Waals surface area contributed by atoms with Crippen LogP contribution in [-0.4, -0.2) is 24.8 Å². The molecule has 2 aromatic carbocycles. The molecule has 0 saturated heterocycles. The van der Waals surface area contributed by atoms with E-state index in [0.717, 1.165) is 34.3 Å². The van der Waals surface area contributed by atoms with Crippen molar-refractivity contribution in [2.24, 2.45) is 10.2 Å². The number of hydrogen-bond acceptors (Lipinski definition) is 4. The van der Waals surface area contributed by atoms with E-state index in [2.05, 4.69) is 34.5 Å². The molecule has 0 heterocycles. The molecule has 4 rings (SSSR count). The number of ether oxygens (including phenoxy) is 1. The van der Waals surface area contributed by atoms with E-state index >= 15 is 0 Å². The topological polar surface area (TPSA) is 51.0 Å². The van der Waals surface area contributed by atoms with Crippen molar-refractivity contribution in [2.75, 3.05) is 7.11 Å². The van der Waals surface area contributed by atoms with Crippen molar-refractivity contribution in [3.63, 3.8) is 0 Å². The molecule has 0 bridgehead atoms. The second-order valence-corrected chi connectivity index (χ2v) is 5.80. The van der Waals surface area contributed by atoms with Crippen LogP contribution in [0.5, 0.6) is 0 Å². The number of fused-ring (bicyclic) bond motifs is 3. The first kappa shape index (κ1) is 15.3. The Morgan fingerprint density at radius 1 is 0.920 bits per heavy atom. The maximum atomic E-state index is 11.2. The minimum absolute atomic E-state index is 0.486. The second-order valence-electron chi connectivity index (χ2n) is 5.80. The van der Waals surface area contributed by atoms with E-state index in [0.29, 0.717) is 23.5 Å². The first-order valence-corrected chi connectivity index (χ1v) is 8.07. The van der Waals surface area contributed by atoms with Crippen molar-refractivity contribution in [1.82, 2.24) is 0 Å². The Morgan fingerprint density at radius 2 is 1.52 bits per heavy atom. The maximum Gasteiger partial charge on any atom is 0.153 e. The largest absolute Gasteiger partial charge is 0.494 e. The third kappa shape index (κ3) is 2.52. The standard InChI is InChI=1S/C21H16N2O2/c1-25-21-14(13-24)7-6-12-19(21)22-23-20-17-10-4-2-8-15(17)16-9-3-5-11-18(16)20/h2-11,13H,12H2,1H3. The van der Waals surface area contributed by atoms with Crippen molar-refractivity contribution >= 4 is 17.7 Å². The zero-order valence-electron chi connectivity index (χ0n) is 13.8. The van der Waals surface area contributed by atoms with Gasteiger partial charge in [0, 0.05) is 17.5 Å². The molecule has 0 aromatic heterocycles. The highest BCUT2D eigenvalue weighted by Crippen LogP contribution is 2.36. The average Bonchev–Trinajstić information content (AvgIpc) is 3.00. The molecule has 122 valence electrons. The van der Waals surface area contributed by atoms with Gasteiger partial charge in [0.1, 0.15) is 11.4 Å². The van der Waals surface area contributed by atoms with Gasteiger partial charge in [0.05, 0.1) is 12.7 Å². The van der Waals surface area contributed by atoms with Gasteiger partial charge in [0.15, 0.2) is 12.0 Å². The van der Waals surface area contributed by atoms with Crippen LogP contribution >= 0.6 is 0 Å². The number of carbonyl (C=O) groups is 1. The highest BCUT2D eigenvalue weighted by atomic mass is 16.5. The number of benzene rings is 2. The van der Waals surface area contributed by atoms with Crippen molar-refractivity contribution < 1.29 is 9.53 Å². The molecule has 0 N–H and O–H groups in total. The smallest absolute Gasteiger partial charge is 0.153 e. The molecular formula is C21H16N2O2. The lowest BCUT2D eigenvalue weighted by Gasteiger charge is -2.12. The number of carbonyl (C=O) groups excluding carboxylic acids is 1. The summed E-state index contributed by atoms with van der Waals surface area (Å²) in [6, 6.07) is 16.4. The van der Waals surface area contributed by atoms with Crippen LogP contribution in [0.3, 0.4) is 0 Å². The summed E-state index contributed by atoms with van der Waals surface area (Å²) in [5.74, 6) is 0.487. The number of allylic oxidation sites excluding steroid dienone is 4. The van der Waals surface area contributed by atoms with Gasteiger partial charge < -0.3 is 4.74 Å². The second kappa shape index (κ2) is 6.32. The Bertz CT molecular complexity index is 933. The summed E-state index contributed by atoms with van der Waals surface area (Å²) in [6.45, 7) is 0. The molecule has 0 radical (unpaired) electrons. The van der Waals surface area contributed by atoms with E-state index in [1.54, 1.807) is 13.2 Å². The lowest BCUT2D eigenvalue weighted by molar-refractivity contribution is -0.104. The fourth-order valence-corrected chi connectivity index (χ4v) is 3.26. The summed E-state index contributed by atoms with van der Waals surface area (Å²) in [4.78, 5) is 11.2. The van der Waals surface area contributed by atoms with Crippen LogP contribution in [-0.2, 0) is 9.53 Å². The van der Waals surface area contributed by atoms with E-state index in [4.69, 9.17) is 4.74 Å². The van der Waals surface area contributed by atoms with Gasteiger partial charge >= 0.3 is 0 Å². The van der Waals surface area contributed by atoms with Gasteiger partial charge in [-0.25, -0.2) is 0 Å². The maximum absolute atomic E-state index is 11.2. The number of nitrogens with zero attached hydrogens (tertiary/aromatic N) is 2. The average molecular weight is 328 g/mol. The highest BCUT2D eigenvalue weighted by molar-refractivity contribution is 6.24. The quantitative estimate of drug-likeness (QED) is 0.540. The first-order valence-electron chi connectivity index (χ1n) is 8.07. The van der Waals surface area contributed by atoms with E-state index in [9.17, 15) is 4.79 Å². The van der Waals surface area contributed by atoms with Crippen LogP contribution < -0.4 is 0 Å². The fourth-order valence-electron chi connectivity index (χ4n) is 3.26. The molecule has 0 amide bonds. The molecule has 2 aromatic rings. The van der Waals surface area contributed by atoms with Gasteiger partial charge in [-0.3, -0.25) is 4.79 Å². The Hall–Kier alpha value is -3.27. The molecular weight excluding hydrogens is 312 g/mol. The number of rotatable bonds is 3. The van der Waals surface area contributed by atoms with E-state index < -0.39 is 0 Å². The summed E-state index contributed by atoms with van der Waals surface area (Å²) in [6.07, 6.45) is 5.00. The van der Waals surface area contributed by atoms with Crippen molar-refractivity contribution in [3.05, 3.63) is 83.1 Å². The molecule has 0 aliphatic heterocycles. The number of methoxy groups -OCH3 is 1. The number of aldehydes is 1. The van der Waals surface area contributed by atoms with Crippen LogP contribution in [0, 0.1) is 0 Å². The SMILES string of the molecule is COC1=C(C=O)C=CCC1=NN=C1c2ccccc2-c2ccccc21. The molecule has 0 unspecified atom stereocenters. The van der Waals surface area contributed by atoms with Crippen LogP contribution in [0.1, 0.15) is 17.5 Å². The summed E-state index contributed by atoms with van der Waals surface area (Å²) >= 11 is 0. The summed E-state index contributed by atoms with van der Waals surface area (Å²) in [5, 5.41) is 8.96. The predicted molar refractivity (Wildman–Crippen MR) is 98.8 cm³/mol. The van der Waals surface area contributed by atoms with Gasteiger partial charge in [0.25, 0.3) is 0 Å². The monoisotopic (exact) mass is 328 g/mol. The summed E-state index contributed by atoms with van der Waals surface area (Å²) < 4.78 is 5.36. The molecule has 4 heteroatoms. The van der Waals surface area contributed by atoms with Crippen molar-refractivity contribution in [2.45, 2.75) is 6.42 Å². The van der Waals surface area contributed by atoms with Crippen LogP contribution in [0.4, 0.5) is 0 Å². The predicted octanol–water partition coefficient (Wildman–Crippen LogP) is 3.92.